The van der Waals surface area contributed by atoms with Gasteiger partial charge in [0, 0.05) is 30.6 Å². The Morgan fingerprint density at radius 1 is 1.58 bits per heavy atom. The topological polar surface area (TPSA) is 62.3 Å². The second-order valence-corrected chi connectivity index (χ2v) is 8.32. The van der Waals surface area contributed by atoms with E-state index >= 15 is 0 Å². The Hall–Kier alpha value is -0.500. The Labute approximate surface area is 119 Å². The van der Waals surface area contributed by atoms with E-state index < -0.39 is 9.84 Å². The monoisotopic (exact) mass is 303 g/mol. The summed E-state index contributed by atoms with van der Waals surface area (Å²) in [6.45, 7) is 4.67. The Balaban J connectivity index is 1.67. The van der Waals surface area contributed by atoms with Crippen LogP contribution in [0.15, 0.2) is 5.51 Å². The van der Waals surface area contributed by atoms with E-state index in [1.165, 1.54) is 4.88 Å². The van der Waals surface area contributed by atoms with Crippen molar-refractivity contribution in [2.24, 2.45) is 0 Å². The number of hydrogen-bond donors (Lipinski definition) is 1. The maximum absolute atomic E-state index is 11.3. The minimum Gasteiger partial charge on any atom is -0.312 e. The van der Waals surface area contributed by atoms with Gasteiger partial charge in [-0.2, -0.15) is 0 Å². The lowest BCUT2D eigenvalue weighted by molar-refractivity contribution is 0.320. The lowest BCUT2D eigenvalue weighted by Crippen LogP contribution is -2.36. The number of sulfone groups is 1. The number of likely N-dealkylation sites (N-methyl/N-ethyl adjacent to an activating group) is 1. The maximum Gasteiger partial charge on any atom is 0.151 e. The van der Waals surface area contributed by atoms with Gasteiger partial charge in [-0.1, -0.05) is 0 Å². The van der Waals surface area contributed by atoms with E-state index in [4.69, 9.17) is 0 Å². The smallest absolute Gasteiger partial charge is 0.151 e. The van der Waals surface area contributed by atoms with Crippen LogP contribution < -0.4 is 5.32 Å². The average Bonchev–Trinajstić information content (AvgIpc) is 2.86. The highest BCUT2D eigenvalue weighted by atomic mass is 32.2. The number of aromatic nitrogens is 1. The molecular weight excluding hydrogens is 282 g/mol. The van der Waals surface area contributed by atoms with Gasteiger partial charge in [-0.05, 0) is 20.4 Å². The van der Waals surface area contributed by atoms with E-state index in [-0.39, 0.29) is 6.04 Å². The van der Waals surface area contributed by atoms with Crippen LogP contribution in [-0.4, -0.2) is 56.0 Å². The molecule has 0 spiro atoms. The molecule has 0 bridgehead atoms. The molecule has 1 N–H and O–H groups in total. The van der Waals surface area contributed by atoms with Crippen molar-refractivity contribution in [3.63, 3.8) is 0 Å². The Bertz CT molecular complexity index is 513. The molecule has 1 aromatic rings. The summed E-state index contributed by atoms with van der Waals surface area (Å²) in [7, 11) is -0.700. The minimum absolute atomic E-state index is 0.142. The van der Waals surface area contributed by atoms with Crippen LogP contribution in [0.2, 0.25) is 0 Å². The summed E-state index contributed by atoms with van der Waals surface area (Å²) in [5.74, 6) is 0.630. The molecule has 0 amide bonds. The van der Waals surface area contributed by atoms with Crippen molar-refractivity contribution in [1.82, 2.24) is 15.2 Å². The van der Waals surface area contributed by atoms with Gasteiger partial charge < -0.3 is 5.32 Å². The molecule has 0 aromatic carbocycles. The van der Waals surface area contributed by atoms with E-state index in [2.05, 4.69) is 22.2 Å². The number of nitrogens with one attached hydrogen (secondary N) is 1. The normalized spacial score (nSPS) is 22.2. The number of thiazole rings is 1. The quantitative estimate of drug-likeness (QED) is 0.836. The summed E-state index contributed by atoms with van der Waals surface area (Å²) < 4.78 is 22.7. The van der Waals surface area contributed by atoms with Gasteiger partial charge in [0.1, 0.15) is 0 Å². The fourth-order valence-corrected chi connectivity index (χ4v) is 4.78. The summed E-state index contributed by atoms with van der Waals surface area (Å²) in [5, 5.41) is 3.33. The molecule has 5 nitrogen and oxygen atoms in total. The highest BCUT2D eigenvalue weighted by Crippen LogP contribution is 2.14. The molecule has 1 saturated heterocycles. The largest absolute Gasteiger partial charge is 0.312 e. The zero-order chi connectivity index (χ0) is 13.9. The Morgan fingerprint density at radius 3 is 2.95 bits per heavy atom. The summed E-state index contributed by atoms with van der Waals surface area (Å²) >= 11 is 1.68. The van der Waals surface area contributed by atoms with Gasteiger partial charge in [0.05, 0.1) is 22.7 Å². The summed E-state index contributed by atoms with van der Waals surface area (Å²) in [6, 6.07) is 0.142. The van der Waals surface area contributed by atoms with Crippen molar-refractivity contribution in [2.45, 2.75) is 25.9 Å². The molecule has 1 unspecified atom stereocenters. The molecule has 0 radical (unpaired) electrons. The second-order valence-electron chi connectivity index (χ2n) is 5.15. The van der Waals surface area contributed by atoms with Crippen LogP contribution >= 0.6 is 11.3 Å². The van der Waals surface area contributed by atoms with Crippen LogP contribution in [0.25, 0.3) is 0 Å². The third-order valence-electron chi connectivity index (χ3n) is 3.42. The van der Waals surface area contributed by atoms with Crippen LogP contribution in [0.5, 0.6) is 0 Å². The van der Waals surface area contributed by atoms with Crippen molar-refractivity contribution in [1.29, 1.82) is 0 Å². The van der Waals surface area contributed by atoms with Crippen LogP contribution in [-0.2, 0) is 16.4 Å². The summed E-state index contributed by atoms with van der Waals surface area (Å²) in [5.41, 5.74) is 2.98. The summed E-state index contributed by atoms with van der Waals surface area (Å²) in [6.07, 6.45) is 0.750. The van der Waals surface area contributed by atoms with Crippen LogP contribution in [0, 0.1) is 6.92 Å². The molecule has 1 fully saturated rings. The third-order valence-corrected chi connectivity index (χ3v) is 6.11. The molecular formula is C12H21N3O2S2. The standard InChI is InChI=1S/C12H21N3O2S2/c1-10-12(18-9-14-10)7-15(2)5-4-13-11-3-6-19(16,17)8-11/h9,11,13H,3-8H2,1-2H3. The first-order chi connectivity index (χ1) is 8.96. The molecule has 19 heavy (non-hydrogen) atoms. The fraction of sp³-hybridized carbons (Fsp3) is 0.750. The third kappa shape index (κ3) is 4.52. The average molecular weight is 303 g/mol. The van der Waals surface area contributed by atoms with Crippen LogP contribution in [0.1, 0.15) is 17.0 Å². The maximum atomic E-state index is 11.3. The lowest BCUT2D eigenvalue weighted by Gasteiger charge is -2.18. The van der Waals surface area contributed by atoms with Gasteiger partial charge >= 0.3 is 0 Å². The molecule has 7 heteroatoms. The predicted octanol–water partition coefficient (Wildman–Crippen LogP) is 0.660. The molecule has 108 valence electrons. The Morgan fingerprint density at radius 2 is 2.37 bits per heavy atom. The van der Waals surface area contributed by atoms with Crippen LogP contribution in [0.4, 0.5) is 0 Å². The van der Waals surface area contributed by atoms with Crippen molar-refractivity contribution in [3.05, 3.63) is 16.1 Å². The molecule has 1 aliphatic rings. The van der Waals surface area contributed by atoms with Gasteiger partial charge in [0.15, 0.2) is 9.84 Å². The zero-order valence-electron chi connectivity index (χ0n) is 11.4. The first kappa shape index (κ1) is 14.9. The molecule has 1 atom stereocenters. The van der Waals surface area contributed by atoms with Gasteiger partial charge in [-0.3, -0.25) is 4.90 Å². The van der Waals surface area contributed by atoms with Crippen molar-refractivity contribution >= 4 is 21.2 Å². The van der Waals surface area contributed by atoms with Gasteiger partial charge in [0.25, 0.3) is 0 Å². The van der Waals surface area contributed by atoms with E-state index in [1.54, 1.807) is 11.3 Å². The highest BCUT2D eigenvalue weighted by Gasteiger charge is 2.27. The van der Waals surface area contributed by atoms with E-state index in [0.29, 0.717) is 11.5 Å². The summed E-state index contributed by atoms with van der Waals surface area (Å²) in [4.78, 5) is 7.77. The first-order valence-corrected chi connectivity index (χ1v) is 9.18. The SMILES string of the molecule is Cc1ncsc1CN(C)CCNC1CCS(=O)(=O)C1. The van der Waals surface area contributed by atoms with Crippen LogP contribution in [0.3, 0.4) is 0 Å². The molecule has 1 aliphatic heterocycles. The van der Waals surface area contributed by atoms with Crippen molar-refractivity contribution < 1.29 is 8.42 Å². The molecule has 1 aromatic heterocycles. The minimum atomic E-state index is -2.78. The highest BCUT2D eigenvalue weighted by molar-refractivity contribution is 7.91. The number of rotatable bonds is 6. The van der Waals surface area contributed by atoms with Gasteiger partial charge in [-0.15, -0.1) is 11.3 Å². The second kappa shape index (κ2) is 6.30. The zero-order valence-corrected chi connectivity index (χ0v) is 13.1. The number of nitrogens with zero attached hydrogens (tertiary/aromatic N) is 2. The Kier molecular flexibility index (Phi) is 4.94. The molecule has 0 aliphatic carbocycles. The van der Waals surface area contributed by atoms with E-state index in [1.807, 2.05) is 12.4 Å². The number of aryl methyl sites for hydroxylation is 1. The fourth-order valence-electron chi connectivity index (χ4n) is 2.22. The van der Waals surface area contributed by atoms with Gasteiger partial charge in [-0.25, -0.2) is 13.4 Å². The lowest BCUT2D eigenvalue weighted by atomic mass is 10.2. The molecule has 2 heterocycles. The molecule has 0 saturated carbocycles. The van der Waals surface area contributed by atoms with E-state index in [0.717, 1.165) is 31.7 Å². The molecule has 2 rings (SSSR count). The van der Waals surface area contributed by atoms with Gasteiger partial charge in [0.2, 0.25) is 0 Å². The van der Waals surface area contributed by atoms with Crippen molar-refractivity contribution in [3.8, 4) is 0 Å². The predicted molar refractivity (Wildman–Crippen MR) is 78.2 cm³/mol. The van der Waals surface area contributed by atoms with E-state index in [9.17, 15) is 8.42 Å². The van der Waals surface area contributed by atoms with Crippen molar-refractivity contribution in [2.75, 3.05) is 31.6 Å². The number of hydrogen-bond acceptors (Lipinski definition) is 6. The first-order valence-electron chi connectivity index (χ1n) is 6.47.